The Morgan fingerprint density at radius 3 is 2.00 bits per heavy atom. The fraction of sp³-hybridized carbons (Fsp3) is 0.316. The van der Waals surface area contributed by atoms with Crippen LogP contribution in [0.3, 0.4) is 0 Å². The fourth-order valence-electron chi connectivity index (χ4n) is 2.70. The second kappa shape index (κ2) is 7.73. The molecule has 28 heavy (non-hydrogen) atoms. The predicted molar refractivity (Wildman–Crippen MR) is 88.2 cm³/mol. The highest BCUT2D eigenvalue weighted by Gasteiger charge is 2.75. The van der Waals surface area contributed by atoms with Gasteiger partial charge in [-0.15, -0.1) is 0 Å². The van der Waals surface area contributed by atoms with E-state index in [9.17, 15) is 26.3 Å². The van der Waals surface area contributed by atoms with Crippen LogP contribution in [0.15, 0.2) is 42.5 Å². The van der Waals surface area contributed by atoms with Gasteiger partial charge in [-0.05, 0) is 61.7 Å². The number of alkyl halides is 5. The lowest BCUT2D eigenvalue weighted by molar-refractivity contribution is -0.296. The number of benzene rings is 2. The van der Waals surface area contributed by atoms with Crippen LogP contribution in [0, 0.1) is 5.82 Å². The van der Waals surface area contributed by atoms with Crippen molar-refractivity contribution in [2.75, 3.05) is 0 Å². The van der Waals surface area contributed by atoms with Crippen LogP contribution in [-0.2, 0) is 10.2 Å². The Hall–Kier alpha value is -2.71. The molecule has 0 unspecified atom stereocenters. The number of rotatable bonds is 4. The van der Waals surface area contributed by atoms with Crippen LogP contribution in [-0.4, -0.2) is 23.5 Å². The third kappa shape index (κ3) is 4.07. The number of hydrogen-bond donors (Lipinski definition) is 1. The van der Waals surface area contributed by atoms with E-state index in [0.29, 0.717) is 6.07 Å². The Kier molecular flexibility index (Phi) is 5.96. The van der Waals surface area contributed by atoms with Crippen LogP contribution >= 0.6 is 0 Å². The number of hydrogen-bond acceptors (Lipinski definition) is 3. The van der Waals surface area contributed by atoms with Crippen LogP contribution in [0.4, 0.5) is 26.3 Å². The molecule has 0 saturated heterocycles. The smallest absolute Gasteiger partial charge is 0.454 e. The van der Waals surface area contributed by atoms with Gasteiger partial charge in [0, 0.05) is 0 Å². The van der Waals surface area contributed by atoms with Crippen molar-refractivity contribution in [1.82, 2.24) is 0 Å². The summed E-state index contributed by atoms with van der Waals surface area (Å²) in [5.41, 5.74) is -2.84. The summed E-state index contributed by atoms with van der Waals surface area (Å²) in [5, 5.41) is 9.16. The minimum Gasteiger partial charge on any atom is -0.508 e. The largest absolute Gasteiger partial charge is 0.508 e. The van der Waals surface area contributed by atoms with Gasteiger partial charge in [0.15, 0.2) is 11.6 Å². The number of phenolic OH excluding ortho intramolecular Hbond substituents is 1. The number of ether oxygens (including phenoxy) is 1. The molecule has 3 nitrogen and oxygen atoms in total. The summed E-state index contributed by atoms with van der Waals surface area (Å²) in [6, 6.07) is 7.99. The number of aromatic hydroxyl groups is 1. The average Bonchev–Trinajstić information content (AvgIpc) is 3.40. The number of aldehydes is 1. The molecule has 2 aromatic rings. The Labute approximate surface area is 156 Å². The lowest BCUT2D eigenvalue weighted by Gasteiger charge is -2.29. The first-order valence-electron chi connectivity index (χ1n) is 8.10. The third-order valence-corrected chi connectivity index (χ3v) is 4.26. The van der Waals surface area contributed by atoms with Gasteiger partial charge in [-0.1, -0.05) is 6.07 Å². The topological polar surface area (TPSA) is 46.5 Å². The highest BCUT2D eigenvalue weighted by Crippen LogP contribution is 2.63. The zero-order valence-corrected chi connectivity index (χ0v) is 14.6. The highest BCUT2D eigenvalue weighted by atomic mass is 19.4. The van der Waals surface area contributed by atoms with Gasteiger partial charge in [0.05, 0.1) is 5.41 Å². The van der Waals surface area contributed by atoms with Crippen molar-refractivity contribution < 1.29 is 41.0 Å². The summed E-state index contributed by atoms with van der Waals surface area (Å²) >= 11 is 0. The van der Waals surface area contributed by atoms with Gasteiger partial charge >= 0.3 is 12.1 Å². The minimum absolute atomic E-state index is 0.0340. The molecule has 0 aliphatic heterocycles. The summed E-state index contributed by atoms with van der Waals surface area (Å²) in [6.45, 7) is 1.44. The predicted octanol–water partition coefficient (Wildman–Crippen LogP) is 5.76. The number of carbonyl (C=O) groups excluding carboxylic acids is 1. The molecule has 2 aromatic carbocycles. The maximum absolute atomic E-state index is 14.2. The molecule has 0 aromatic heterocycles. The van der Waals surface area contributed by atoms with Gasteiger partial charge < -0.3 is 14.6 Å². The molecule has 1 aliphatic carbocycles. The van der Waals surface area contributed by atoms with E-state index in [2.05, 4.69) is 0 Å². The van der Waals surface area contributed by atoms with Gasteiger partial charge in [0.25, 0.3) is 0 Å². The van der Waals surface area contributed by atoms with E-state index in [1.165, 1.54) is 31.2 Å². The lowest BCUT2D eigenvalue weighted by atomic mass is 9.88. The normalized spacial score (nSPS) is 15.2. The van der Waals surface area contributed by atoms with Gasteiger partial charge in [-0.2, -0.15) is 22.0 Å². The molecule has 0 amide bonds. The average molecular weight is 406 g/mol. The van der Waals surface area contributed by atoms with Gasteiger partial charge in [0.1, 0.15) is 17.8 Å². The van der Waals surface area contributed by atoms with Crippen molar-refractivity contribution >= 4 is 6.29 Å². The van der Waals surface area contributed by atoms with Crippen LogP contribution in [0.5, 0.6) is 17.2 Å². The van der Waals surface area contributed by atoms with E-state index in [4.69, 9.17) is 14.6 Å². The van der Waals surface area contributed by atoms with E-state index < -0.39 is 28.9 Å². The zero-order valence-electron chi connectivity index (χ0n) is 14.6. The molecular formula is C19H16F6O3. The molecule has 0 spiro atoms. The zero-order chi connectivity index (χ0) is 21.2. The SMILES string of the molecule is CC=O.Oc1ccc(Oc2ccc(C3(C(F)(F)C(F)(F)F)CC3)cc2F)cc1. The summed E-state index contributed by atoms with van der Waals surface area (Å²) < 4.78 is 84.9. The van der Waals surface area contributed by atoms with E-state index >= 15 is 0 Å². The molecule has 152 valence electrons. The molecule has 1 aliphatic rings. The number of halogens is 6. The Bertz CT molecular complexity index is 827. The van der Waals surface area contributed by atoms with Gasteiger partial charge in [-0.3, -0.25) is 0 Å². The molecule has 0 atom stereocenters. The van der Waals surface area contributed by atoms with Crippen LogP contribution in [0.1, 0.15) is 25.3 Å². The molecule has 1 N–H and O–H groups in total. The minimum atomic E-state index is -5.71. The van der Waals surface area contributed by atoms with E-state index in [1.54, 1.807) is 0 Å². The summed E-state index contributed by atoms with van der Waals surface area (Å²) in [5.74, 6) is -6.17. The van der Waals surface area contributed by atoms with E-state index in [0.717, 1.165) is 18.4 Å². The fourth-order valence-corrected chi connectivity index (χ4v) is 2.70. The standard InChI is InChI=1S/C17H12F6O2.C2H4O/c18-13-9-10(15(7-8-15)16(19,20)17(21,22)23)1-6-14(13)25-12-4-2-11(24)3-5-12;1-2-3/h1-6,9,24H,7-8H2;2H,1H3. The molecule has 9 heteroatoms. The highest BCUT2D eigenvalue weighted by molar-refractivity contribution is 5.44. The van der Waals surface area contributed by atoms with Gasteiger partial charge in [-0.25, -0.2) is 4.39 Å². The molecule has 0 heterocycles. The van der Waals surface area contributed by atoms with Crippen LogP contribution < -0.4 is 4.74 Å². The van der Waals surface area contributed by atoms with Crippen molar-refractivity contribution in [3.8, 4) is 17.2 Å². The number of phenols is 1. The number of carbonyl (C=O) groups is 1. The van der Waals surface area contributed by atoms with E-state index in [-0.39, 0.29) is 30.1 Å². The lowest BCUT2D eigenvalue weighted by Crippen LogP contribution is -2.47. The first kappa shape index (κ1) is 21.6. The van der Waals surface area contributed by atoms with Crippen LogP contribution in [0.25, 0.3) is 0 Å². The second-order valence-electron chi connectivity index (χ2n) is 6.13. The van der Waals surface area contributed by atoms with Crippen molar-refractivity contribution in [3.05, 3.63) is 53.8 Å². The Morgan fingerprint density at radius 2 is 1.57 bits per heavy atom. The van der Waals surface area contributed by atoms with Gasteiger partial charge in [0.2, 0.25) is 0 Å². The Morgan fingerprint density at radius 1 is 1.04 bits per heavy atom. The molecule has 1 saturated carbocycles. The molecule has 3 rings (SSSR count). The van der Waals surface area contributed by atoms with Crippen molar-refractivity contribution in [3.63, 3.8) is 0 Å². The summed E-state index contributed by atoms with van der Waals surface area (Å²) in [7, 11) is 0. The molecule has 1 fully saturated rings. The first-order chi connectivity index (χ1) is 13.0. The summed E-state index contributed by atoms with van der Waals surface area (Å²) in [6.07, 6.45) is -5.71. The van der Waals surface area contributed by atoms with Crippen molar-refractivity contribution in [1.29, 1.82) is 0 Å². The first-order valence-corrected chi connectivity index (χ1v) is 8.10. The van der Waals surface area contributed by atoms with Crippen molar-refractivity contribution in [2.45, 2.75) is 37.3 Å². The monoisotopic (exact) mass is 406 g/mol. The van der Waals surface area contributed by atoms with Crippen LogP contribution in [0.2, 0.25) is 0 Å². The van der Waals surface area contributed by atoms with E-state index in [1.807, 2.05) is 0 Å². The quantitative estimate of drug-likeness (QED) is 0.519. The van der Waals surface area contributed by atoms with Crippen molar-refractivity contribution in [2.24, 2.45) is 0 Å². The summed E-state index contributed by atoms with van der Waals surface area (Å²) in [4.78, 5) is 8.81. The second-order valence-corrected chi connectivity index (χ2v) is 6.13. The molecule has 0 bridgehead atoms. The Balaban J connectivity index is 0.000000878. The maximum Gasteiger partial charge on any atom is 0.454 e. The third-order valence-electron chi connectivity index (χ3n) is 4.26. The molecular weight excluding hydrogens is 390 g/mol. The maximum atomic E-state index is 14.2. The molecule has 0 radical (unpaired) electrons.